The molecule has 1 fully saturated rings. The number of nitro benzene ring substituents is 1. The van der Waals surface area contributed by atoms with Gasteiger partial charge in [-0.3, -0.25) is 14.9 Å². The highest BCUT2D eigenvalue weighted by molar-refractivity contribution is 6.07. The second-order valence-electron chi connectivity index (χ2n) is 7.00. The van der Waals surface area contributed by atoms with Crippen LogP contribution < -0.4 is 19.7 Å². The minimum atomic E-state index is -0.604. The van der Waals surface area contributed by atoms with Crippen LogP contribution in [0, 0.1) is 10.1 Å². The van der Waals surface area contributed by atoms with Crippen molar-refractivity contribution in [3.8, 4) is 11.5 Å². The summed E-state index contributed by atoms with van der Waals surface area (Å²) in [4.78, 5) is 28.2. The predicted octanol–water partition coefficient (Wildman–Crippen LogP) is 3.01. The Kier molecular flexibility index (Phi) is 6.73. The van der Waals surface area contributed by atoms with Crippen molar-refractivity contribution >= 4 is 23.0 Å². The Labute approximate surface area is 175 Å². The molecule has 1 saturated heterocycles. The molecule has 0 saturated carbocycles. The summed E-state index contributed by atoms with van der Waals surface area (Å²) in [6, 6.07) is 10.0. The molecule has 1 aliphatic heterocycles. The van der Waals surface area contributed by atoms with Crippen molar-refractivity contribution in [2.75, 3.05) is 57.2 Å². The molecule has 0 aromatic heterocycles. The summed E-state index contributed by atoms with van der Waals surface area (Å²) in [5.41, 5.74) is 1.20. The van der Waals surface area contributed by atoms with Crippen molar-refractivity contribution < 1.29 is 19.2 Å². The van der Waals surface area contributed by atoms with E-state index in [9.17, 15) is 14.9 Å². The lowest BCUT2D eigenvalue weighted by Gasteiger charge is -2.34. The molecule has 0 aliphatic carbocycles. The van der Waals surface area contributed by atoms with E-state index in [4.69, 9.17) is 9.47 Å². The number of rotatable bonds is 7. The fourth-order valence-corrected chi connectivity index (χ4v) is 3.33. The van der Waals surface area contributed by atoms with Gasteiger partial charge in [-0.05, 0) is 38.2 Å². The first-order chi connectivity index (χ1) is 14.4. The first kappa shape index (κ1) is 21.4. The first-order valence-electron chi connectivity index (χ1n) is 9.77. The third-order valence-electron chi connectivity index (χ3n) is 5.02. The third-order valence-corrected chi connectivity index (χ3v) is 5.02. The number of nitrogens with one attached hydrogen (secondary N) is 1. The molecule has 1 N–H and O–H groups in total. The monoisotopic (exact) mass is 414 g/mol. The summed E-state index contributed by atoms with van der Waals surface area (Å²) in [6.45, 7) is 5.97. The van der Waals surface area contributed by atoms with E-state index in [1.807, 2.05) is 12.1 Å². The van der Waals surface area contributed by atoms with E-state index in [2.05, 4.69) is 22.2 Å². The normalized spacial score (nSPS) is 14.3. The van der Waals surface area contributed by atoms with Crippen molar-refractivity contribution in [2.45, 2.75) is 6.92 Å². The van der Waals surface area contributed by atoms with Crippen molar-refractivity contribution in [2.24, 2.45) is 0 Å². The molecule has 30 heavy (non-hydrogen) atoms. The maximum absolute atomic E-state index is 12.8. The van der Waals surface area contributed by atoms with Crippen molar-refractivity contribution in [3.05, 3.63) is 52.1 Å². The van der Waals surface area contributed by atoms with Crippen LogP contribution in [0.25, 0.3) is 0 Å². The average Bonchev–Trinajstić information content (AvgIpc) is 2.74. The number of carbonyl (C=O) groups is 1. The van der Waals surface area contributed by atoms with Crippen LogP contribution in [0.5, 0.6) is 11.5 Å². The minimum Gasteiger partial charge on any atom is -0.493 e. The maximum Gasteiger partial charge on any atom is 0.286 e. The van der Waals surface area contributed by atoms with Gasteiger partial charge in [0, 0.05) is 43.6 Å². The SMILES string of the molecule is CCOc1cc([N+](=O)[O-])c(C(=O)Nc2ccc(N3CCN(C)CC3)cc2)cc1OC. The van der Waals surface area contributed by atoms with E-state index in [1.54, 1.807) is 19.1 Å². The molecule has 9 nitrogen and oxygen atoms in total. The van der Waals surface area contributed by atoms with Gasteiger partial charge >= 0.3 is 0 Å². The summed E-state index contributed by atoms with van der Waals surface area (Å²) in [5, 5.41) is 14.2. The number of carbonyl (C=O) groups excluding carboxylic acids is 1. The van der Waals surface area contributed by atoms with Crippen LogP contribution in [0.4, 0.5) is 17.1 Å². The first-order valence-corrected chi connectivity index (χ1v) is 9.77. The fourth-order valence-electron chi connectivity index (χ4n) is 3.33. The Morgan fingerprint density at radius 3 is 2.37 bits per heavy atom. The second kappa shape index (κ2) is 9.45. The van der Waals surface area contributed by atoms with E-state index in [1.165, 1.54) is 19.2 Å². The molecule has 0 unspecified atom stereocenters. The van der Waals surface area contributed by atoms with E-state index in [-0.39, 0.29) is 22.7 Å². The molecular weight excluding hydrogens is 388 g/mol. The van der Waals surface area contributed by atoms with Gasteiger partial charge in [-0.25, -0.2) is 0 Å². The molecule has 1 amide bonds. The van der Waals surface area contributed by atoms with E-state index in [0.29, 0.717) is 12.3 Å². The molecule has 1 heterocycles. The molecule has 2 aromatic carbocycles. The summed E-state index contributed by atoms with van der Waals surface area (Å²) < 4.78 is 10.6. The van der Waals surface area contributed by atoms with Crippen LogP contribution in [0.3, 0.4) is 0 Å². The minimum absolute atomic E-state index is 0.0940. The third kappa shape index (κ3) is 4.80. The number of nitro groups is 1. The van der Waals surface area contributed by atoms with Crippen LogP contribution in [0.1, 0.15) is 17.3 Å². The number of likely N-dealkylation sites (N-methyl/N-ethyl adjacent to an activating group) is 1. The predicted molar refractivity (Wildman–Crippen MR) is 115 cm³/mol. The molecule has 2 aromatic rings. The summed E-state index contributed by atoms with van der Waals surface area (Å²) >= 11 is 0. The molecule has 9 heteroatoms. The number of hydrogen-bond donors (Lipinski definition) is 1. The molecule has 0 radical (unpaired) electrons. The largest absolute Gasteiger partial charge is 0.493 e. The Balaban J connectivity index is 1.79. The zero-order valence-electron chi connectivity index (χ0n) is 17.4. The number of hydrogen-bond acceptors (Lipinski definition) is 7. The van der Waals surface area contributed by atoms with Gasteiger partial charge in [-0.1, -0.05) is 0 Å². The molecule has 1 aliphatic rings. The maximum atomic E-state index is 12.8. The number of methoxy groups -OCH3 is 1. The molecule has 3 rings (SSSR count). The smallest absolute Gasteiger partial charge is 0.286 e. The Morgan fingerprint density at radius 1 is 1.13 bits per heavy atom. The standard InChI is InChI=1S/C21H26N4O5/c1-4-30-20-14-18(25(27)28)17(13-19(20)29-3)21(26)22-15-5-7-16(8-6-15)24-11-9-23(2)10-12-24/h5-8,13-14H,4,9-12H2,1-3H3,(H,22,26). The zero-order chi connectivity index (χ0) is 21.7. The van der Waals surface area contributed by atoms with Gasteiger partial charge in [0.15, 0.2) is 11.5 Å². The number of anilines is 2. The highest BCUT2D eigenvalue weighted by Crippen LogP contribution is 2.35. The Morgan fingerprint density at radius 2 is 1.80 bits per heavy atom. The Hall–Kier alpha value is -3.33. The van der Waals surface area contributed by atoms with Gasteiger partial charge in [0.05, 0.1) is 24.7 Å². The van der Waals surface area contributed by atoms with Crippen molar-refractivity contribution in [1.82, 2.24) is 4.90 Å². The molecule has 0 bridgehead atoms. The van der Waals surface area contributed by atoms with Crippen LogP contribution in [0.2, 0.25) is 0 Å². The van der Waals surface area contributed by atoms with E-state index in [0.717, 1.165) is 31.9 Å². The summed E-state index contributed by atoms with van der Waals surface area (Å²) in [7, 11) is 3.52. The van der Waals surface area contributed by atoms with E-state index < -0.39 is 10.8 Å². The van der Waals surface area contributed by atoms with Crippen molar-refractivity contribution in [1.29, 1.82) is 0 Å². The highest BCUT2D eigenvalue weighted by atomic mass is 16.6. The highest BCUT2D eigenvalue weighted by Gasteiger charge is 2.25. The number of amides is 1. The van der Waals surface area contributed by atoms with Gasteiger partial charge in [0.25, 0.3) is 11.6 Å². The van der Waals surface area contributed by atoms with Crippen LogP contribution in [-0.2, 0) is 0 Å². The lowest BCUT2D eigenvalue weighted by atomic mass is 10.1. The number of nitrogens with zero attached hydrogens (tertiary/aromatic N) is 3. The lowest BCUT2D eigenvalue weighted by Crippen LogP contribution is -2.44. The van der Waals surface area contributed by atoms with Crippen LogP contribution >= 0.6 is 0 Å². The van der Waals surface area contributed by atoms with Gasteiger partial charge in [-0.2, -0.15) is 0 Å². The quantitative estimate of drug-likeness (QED) is 0.549. The van der Waals surface area contributed by atoms with E-state index >= 15 is 0 Å². The van der Waals surface area contributed by atoms with Crippen LogP contribution in [0.15, 0.2) is 36.4 Å². The van der Waals surface area contributed by atoms with Gasteiger partial charge in [-0.15, -0.1) is 0 Å². The molecule has 0 spiro atoms. The fraction of sp³-hybridized carbons (Fsp3) is 0.381. The summed E-state index contributed by atoms with van der Waals surface area (Å²) in [6.07, 6.45) is 0. The average molecular weight is 414 g/mol. The molecule has 0 atom stereocenters. The Bertz CT molecular complexity index is 908. The molecular formula is C21H26N4O5. The number of piperazine rings is 1. The topological polar surface area (TPSA) is 97.2 Å². The summed E-state index contributed by atoms with van der Waals surface area (Å²) in [5.74, 6) is -0.104. The number of ether oxygens (including phenoxy) is 2. The van der Waals surface area contributed by atoms with Gasteiger partial charge in [0.2, 0.25) is 0 Å². The van der Waals surface area contributed by atoms with Crippen LogP contribution in [-0.4, -0.2) is 62.7 Å². The number of benzene rings is 2. The van der Waals surface area contributed by atoms with Gasteiger partial charge in [0.1, 0.15) is 5.56 Å². The van der Waals surface area contributed by atoms with Crippen molar-refractivity contribution in [3.63, 3.8) is 0 Å². The molecule has 160 valence electrons. The zero-order valence-corrected chi connectivity index (χ0v) is 17.4. The lowest BCUT2D eigenvalue weighted by molar-refractivity contribution is -0.385. The second-order valence-corrected chi connectivity index (χ2v) is 7.00. The van der Waals surface area contributed by atoms with Gasteiger partial charge < -0.3 is 24.6 Å².